The summed E-state index contributed by atoms with van der Waals surface area (Å²) in [5, 5.41) is 15.2. The molecule has 5 unspecified atom stereocenters. The summed E-state index contributed by atoms with van der Waals surface area (Å²) in [6.45, 7) is 2.72. The fourth-order valence-corrected chi connectivity index (χ4v) is 6.55. The van der Waals surface area contributed by atoms with Crippen LogP contribution in [0.4, 0.5) is 22.0 Å². The van der Waals surface area contributed by atoms with Gasteiger partial charge < -0.3 is 23.8 Å². The van der Waals surface area contributed by atoms with Gasteiger partial charge in [-0.3, -0.25) is 23.9 Å². The Balaban J connectivity index is 2.49. The van der Waals surface area contributed by atoms with Gasteiger partial charge in [-0.25, -0.2) is 23.7 Å². The molecule has 240 valence electrons. The lowest BCUT2D eigenvalue weighted by atomic mass is 9.95. The highest BCUT2D eigenvalue weighted by atomic mass is 32.4. The SMILES string of the molecule is CC(C)OC(=O)C(C)NP(=S)(NC(C)C(=O)OC(C)C)OCC1(C(F)F)OC(n2cc(F)c(=O)[nH]c2=O)C(O)C1(F)F. The highest BCUT2D eigenvalue weighted by molar-refractivity contribution is 8.10. The van der Waals surface area contributed by atoms with Gasteiger partial charge in [0.25, 0.3) is 12.0 Å². The predicted octanol–water partition coefficient (Wildman–Crippen LogP) is 1.31. The van der Waals surface area contributed by atoms with Gasteiger partial charge in [0.05, 0.1) is 25.0 Å². The summed E-state index contributed by atoms with van der Waals surface area (Å²) < 4.78 is 93.6. The normalized spacial score (nSPS) is 24.9. The molecule has 0 radical (unpaired) electrons. The van der Waals surface area contributed by atoms with Crippen LogP contribution >= 0.6 is 6.57 Å². The molecule has 5 atom stereocenters. The van der Waals surface area contributed by atoms with E-state index in [-0.39, 0.29) is 10.8 Å². The van der Waals surface area contributed by atoms with Crippen molar-refractivity contribution in [2.24, 2.45) is 0 Å². The van der Waals surface area contributed by atoms with Gasteiger partial charge in [-0.1, -0.05) is 0 Å². The second kappa shape index (κ2) is 13.6. The molecule has 0 aliphatic carbocycles. The Bertz CT molecular complexity index is 1280. The number of nitrogens with zero attached hydrogens (tertiary/aromatic N) is 1. The minimum absolute atomic E-state index is 0.0278. The van der Waals surface area contributed by atoms with Gasteiger partial charge in [0.15, 0.2) is 18.9 Å². The van der Waals surface area contributed by atoms with Crippen LogP contribution in [0.5, 0.6) is 0 Å². The number of aromatic amines is 1. The van der Waals surface area contributed by atoms with Gasteiger partial charge >= 0.3 is 23.6 Å². The summed E-state index contributed by atoms with van der Waals surface area (Å²) in [6, 6.07) is -2.62. The summed E-state index contributed by atoms with van der Waals surface area (Å²) in [5.74, 6) is -8.30. The number of nitrogens with one attached hydrogen (secondary N) is 3. The number of esters is 2. The number of H-pyrrole nitrogens is 1. The van der Waals surface area contributed by atoms with Crippen LogP contribution in [0.2, 0.25) is 0 Å². The molecule has 0 spiro atoms. The van der Waals surface area contributed by atoms with Crippen LogP contribution in [0.1, 0.15) is 47.8 Å². The second-order valence-corrected chi connectivity index (χ2v) is 13.3. The van der Waals surface area contributed by atoms with E-state index in [1.54, 1.807) is 0 Å². The third-order valence-corrected chi connectivity index (χ3v) is 8.58. The highest BCUT2D eigenvalue weighted by Crippen LogP contribution is 2.53. The summed E-state index contributed by atoms with van der Waals surface area (Å²) in [7, 11) is 0. The van der Waals surface area contributed by atoms with Crippen molar-refractivity contribution in [1.82, 2.24) is 19.7 Å². The number of aliphatic hydroxyl groups excluding tert-OH is 1. The topological polar surface area (TPSA) is 170 Å². The Morgan fingerprint density at radius 2 is 1.57 bits per heavy atom. The number of carbonyl (C=O) groups is 2. The first-order chi connectivity index (χ1) is 19.2. The van der Waals surface area contributed by atoms with Gasteiger partial charge in [-0.05, 0) is 53.3 Å². The molecule has 13 nitrogen and oxygen atoms in total. The van der Waals surface area contributed by atoms with Crippen LogP contribution in [0.15, 0.2) is 15.8 Å². The molecule has 0 saturated carbocycles. The Morgan fingerprint density at radius 3 is 2.00 bits per heavy atom. The van der Waals surface area contributed by atoms with E-state index in [0.29, 0.717) is 0 Å². The van der Waals surface area contributed by atoms with Crippen LogP contribution in [0.25, 0.3) is 0 Å². The molecule has 0 amide bonds. The number of alkyl halides is 4. The summed E-state index contributed by atoms with van der Waals surface area (Å²) in [4.78, 5) is 49.7. The minimum atomic E-state index is -4.87. The Hall–Kier alpha value is -2.28. The first-order valence-corrected chi connectivity index (χ1v) is 15.1. The van der Waals surface area contributed by atoms with Gasteiger partial charge in [-0.2, -0.15) is 13.2 Å². The van der Waals surface area contributed by atoms with Crippen molar-refractivity contribution in [2.75, 3.05) is 6.61 Å². The molecule has 2 rings (SSSR count). The van der Waals surface area contributed by atoms with Crippen LogP contribution < -0.4 is 21.4 Å². The van der Waals surface area contributed by atoms with E-state index in [9.17, 15) is 37.5 Å². The van der Waals surface area contributed by atoms with E-state index in [2.05, 4.69) is 10.2 Å². The molecule has 1 aromatic rings. The maximum Gasteiger partial charge on any atom is 0.330 e. The standard InChI is InChI=1S/C22H32F5N4O9PS/c1-9(2)38-17(34)11(5)29-41(42,30-12(6)18(35)39-10(3)4)37-8-21(19(24)25)22(26,27)14(32)16(40-21)31-7-13(23)15(33)28-20(31)36/h7,9-12,14,16,19,32H,8H2,1-6H3,(H,28,33,36)(H2,29,30,42). The molecule has 4 N–H and O–H groups in total. The maximum absolute atomic E-state index is 15.4. The van der Waals surface area contributed by atoms with Crippen molar-refractivity contribution in [3.05, 3.63) is 32.9 Å². The third kappa shape index (κ3) is 7.81. The van der Waals surface area contributed by atoms with E-state index in [1.807, 2.05) is 0 Å². The number of halogens is 5. The predicted molar refractivity (Wildman–Crippen MR) is 139 cm³/mol. The fourth-order valence-electron chi connectivity index (χ4n) is 3.62. The third-order valence-electron chi connectivity index (χ3n) is 5.69. The van der Waals surface area contributed by atoms with Crippen molar-refractivity contribution >= 4 is 30.3 Å². The zero-order valence-corrected chi connectivity index (χ0v) is 24.9. The molecular weight excluding hydrogens is 622 g/mol. The number of ether oxygens (including phenoxy) is 3. The number of aliphatic hydroxyl groups is 1. The Morgan fingerprint density at radius 1 is 1.10 bits per heavy atom. The summed E-state index contributed by atoms with van der Waals surface area (Å²) in [5.41, 5.74) is -7.08. The number of hydrogen-bond acceptors (Lipinski definition) is 10. The minimum Gasteiger partial charge on any atom is -0.462 e. The molecule has 1 fully saturated rings. The number of carbonyl (C=O) groups excluding carboxylic acids is 2. The van der Waals surface area contributed by atoms with Gasteiger partial charge in [0.1, 0.15) is 12.1 Å². The summed E-state index contributed by atoms with van der Waals surface area (Å²) >= 11 is 5.37. The van der Waals surface area contributed by atoms with Crippen LogP contribution in [0.3, 0.4) is 0 Å². The quantitative estimate of drug-likeness (QED) is 0.137. The molecule has 1 aliphatic rings. The number of rotatable bonds is 13. The highest BCUT2D eigenvalue weighted by Gasteiger charge is 2.74. The average Bonchev–Trinajstić information content (AvgIpc) is 3.05. The van der Waals surface area contributed by atoms with Crippen molar-refractivity contribution in [2.45, 2.75) is 96.1 Å². The lowest BCUT2D eigenvalue weighted by Gasteiger charge is -2.36. The van der Waals surface area contributed by atoms with Crippen molar-refractivity contribution in [3.8, 4) is 0 Å². The average molecular weight is 655 g/mol. The molecule has 42 heavy (non-hydrogen) atoms. The molecule has 0 aromatic carbocycles. The molecule has 2 heterocycles. The monoisotopic (exact) mass is 654 g/mol. The van der Waals surface area contributed by atoms with E-state index < -0.39 is 96.8 Å². The molecule has 20 heteroatoms. The van der Waals surface area contributed by atoms with Crippen LogP contribution in [0, 0.1) is 5.82 Å². The van der Waals surface area contributed by atoms with E-state index in [4.69, 9.17) is 30.5 Å². The molecule has 1 aromatic heterocycles. The molecular formula is C22H32F5N4O9PS. The van der Waals surface area contributed by atoms with Crippen molar-refractivity contribution in [1.29, 1.82) is 0 Å². The second-order valence-electron chi connectivity index (χ2n) is 9.91. The molecule has 1 aliphatic heterocycles. The first kappa shape index (κ1) is 35.9. The number of aromatic nitrogens is 2. The lowest BCUT2D eigenvalue weighted by Crippen LogP contribution is -2.58. The van der Waals surface area contributed by atoms with Gasteiger partial charge in [-0.15, -0.1) is 0 Å². The van der Waals surface area contributed by atoms with Crippen molar-refractivity contribution < 1.29 is 55.4 Å². The molecule has 0 bridgehead atoms. The lowest BCUT2D eigenvalue weighted by molar-refractivity contribution is -0.241. The van der Waals surface area contributed by atoms with Gasteiger partial charge in [0, 0.05) is 0 Å². The molecule has 1 saturated heterocycles. The smallest absolute Gasteiger partial charge is 0.330 e. The first-order valence-electron chi connectivity index (χ1n) is 12.4. The Kier molecular flexibility index (Phi) is 11.6. The zero-order chi connectivity index (χ0) is 32.4. The largest absolute Gasteiger partial charge is 0.462 e. The fraction of sp³-hybridized carbons (Fsp3) is 0.727. The zero-order valence-electron chi connectivity index (χ0n) is 23.2. The number of hydrogen-bond donors (Lipinski definition) is 4. The van der Waals surface area contributed by atoms with Crippen LogP contribution in [-0.2, 0) is 40.1 Å². The summed E-state index contributed by atoms with van der Waals surface area (Å²) in [6.07, 6.45) is -11.0. The van der Waals surface area contributed by atoms with Crippen molar-refractivity contribution in [3.63, 3.8) is 0 Å². The van der Waals surface area contributed by atoms with E-state index in [0.717, 1.165) is 0 Å². The van der Waals surface area contributed by atoms with Gasteiger partial charge in [0.2, 0.25) is 11.4 Å². The maximum atomic E-state index is 15.4. The Labute approximate surface area is 241 Å². The van der Waals surface area contributed by atoms with E-state index in [1.165, 1.54) is 46.5 Å². The van der Waals surface area contributed by atoms with E-state index >= 15 is 8.78 Å². The van der Waals surface area contributed by atoms with Crippen LogP contribution in [-0.4, -0.2) is 81.5 Å².